The number of amides is 1. The Morgan fingerprint density at radius 2 is 1.79 bits per heavy atom. The smallest absolute Gasteiger partial charge is 0.326 e. The van der Waals surface area contributed by atoms with Crippen LogP contribution in [0, 0.1) is 10.1 Å². The summed E-state index contributed by atoms with van der Waals surface area (Å²) in [6, 6.07) is 3.36. The van der Waals surface area contributed by atoms with Crippen molar-refractivity contribution in [1.29, 1.82) is 0 Å². The molecule has 11 nitrogen and oxygen atoms in total. The van der Waals surface area contributed by atoms with E-state index in [-0.39, 0.29) is 17.9 Å². The van der Waals surface area contributed by atoms with Gasteiger partial charge in [0.25, 0.3) is 11.6 Å². The maximum Gasteiger partial charge on any atom is 0.326 e. The zero-order valence-corrected chi connectivity index (χ0v) is 15.2. The van der Waals surface area contributed by atoms with E-state index in [1.54, 1.807) is 6.92 Å². The van der Waals surface area contributed by atoms with Gasteiger partial charge in [-0.2, -0.15) is 0 Å². The minimum absolute atomic E-state index is 0.0718. The number of carbonyl (C=O) groups excluding carboxylic acids is 3. The number of benzene rings is 1. The van der Waals surface area contributed by atoms with E-state index in [4.69, 9.17) is 4.74 Å². The summed E-state index contributed by atoms with van der Waals surface area (Å²) in [5.41, 5.74) is 0.0586. The zero-order valence-electron chi connectivity index (χ0n) is 15.2. The number of esters is 2. The molecule has 0 saturated heterocycles. The van der Waals surface area contributed by atoms with Gasteiger partial charge in [0.2, 0.25) is 0 Å². The number of carbonyl (C=O) groups is 4. The van der Waals surface area contributed by atoms with Crippen LogP contribution in [0.2, 0.25) is 0 Å². The van der Waals surface area contributed by atoms with Crippen molar-refractivity contribution in [1.82, 2.24) is 5.32 Å². The van der Waals surface area contributed by atoms with E-state index in [9.17, 15) is 34.4 Å². The van der Waals surface area contributed by atoms with Crippen molar-refractivity contribution in [3.63, 3.8) is 0 Å². The molecule has 0 aliphatic heterocycles. The Bertz CT molecular complexity index is 745. The highest BCUT2D eigenvalue weighted by Crippen LogP contribution is 2.27. The van der Waals surface area contributed by atoms with Crippen molar-refractivity contribution in [3.05, 3.63) is 39.9 Å². The minimum atomic E-state index is -1.56. The fraction of sp³-hybridized carbons (Fsp3) is 0.412. The maximum atomic E-state index is 11.9. The van der Waals surface area contributed by atoms with Crippen molar-refractivity contribution >= 4 is 29.5 Å². The van der Waals surface area contributed by atoms with Gasteiger partial charge in [-0.1, -0.05) is 12.1 Å². The van der Waals surface area contributed by atoms with Crippen molar-refractivity contribution in [2.24, 2.45) is 0 Å². The molecule has 0 aliphatic carbocycles. The molecule has 1 rings (SSSR count). The van der Waals surface area contributed by atoms with E-state index in [1.807, 2.05) is 0 Å². The van der Waals surface area contributed by atoms with Crippen LogP contribution >= 0.6 is 0 Å². The number of nitrogens with one attached hydrogen (secondary N) is 1. The second kappa shape index (κ2) is 10.6. The van der Waals surface area contributed by atoms with Crippen LogP contribution in [0.5, 0.6) is 0 Å². The predicted molar refractivity (Wildman–Crippen MR) is 93.3 cm³/mol. The number of rotatable bonds is 10. The molecule has 152 valence electrons. The Kier molecular flexibility index (Phi) is 8.53. The first kappa shape index (κ1) is 22.5. The summed E-state index contributed by atoms with van der Waals surface area (Å²) in [6.45, 7) is 2.05. The van der Waals surface area contributed by atoms with Gasteiger partial charge in [-0.15, -0.1) is 0 Å². The van der Waals surface area contributed by atoms with Crippen LogP contribution in [-0.2, 0) is 28.7 Å². The lowest BCUT2D eigenvalue weighted by molar-refractivity contribution is -0.384. The maximum absolute atomic E-state index is 11.9. The van der Waals surface area contributed by atoms with Crippen LogP contribution in [0.25, 0.3) is 0 Å². The Balaban J connectivity index is 3.15. The number of non-ortho nitro benzene ring substituents is 1. The highest BCUT2D eigenvalue weighted by atomic mass is 16.6. The van der Waals surface area contributed by atoms with E-state index >= 15 is 0 Å². The number of carboxylic acid groups (broad SMARTS) is 1. The molecule has 0 aliphatic rings. The van der Waals surface area contributed by atoms with Crippen LogP contribution < -0.4 is 5.32 Å². The lowest BCUT2D eigenvalue weighted by Crippen LogP contribution is -2.47. The first-order valence-corrected chi connectivity index (χ1v) is 8.21. The zero-order chi connectivity index (χ0) is 21.3. The van der Waals surface area contributed by atoms with Crippen LogP contribution in [0.1, 0.15) is 31.7 Å². The quantitative estimate of drug-likeness (QED) is 0.330. The molecule has 2 atom stereocenters. The number of hydrogen-bond donors (Lipinski definition) is 2. The van der Waals surface area contributed by atoms with Gasteiger partial charge in [-0.05, 0) is 12.5 Å². The van der Waals surface area contributed by atoms with Gasteiger partial charge in [0, 0.05) is 25.0 Å². The topological polar surface area (TPSA) is 162 Å². The van der Waals surface area contributed by atoms with Gasteiger partial charge in [0.1, 0.15) is 6.04 Å². The van der Waals surface area contributed by atoms with Crippen LogP contribution in [0.4, 0.5) is 5.69 Å². The summed E-state index contributed by atoms with van der Waals surface area (Å²) in [6.07, 6.45) is -0.392. The largest absolute Gasteiger partial charge is 0.480 e. The third-order valence-electron chi connectivity index (χ3n) is 3.62. The molecule has 0 fully saturated rings. The van der Waals surface area contributed by atoms with Gasteiger partial charge >= 0.3 is 17.9 Å². The highest BCUT2D eigenvalue weighted by Gasteiger charge is 2.33. The number of hydrogen-bond acceptors (Lipinski definition) is 8. The summed E-state index contributed by atoms with van der Waals surface area (Å²) in [4.78, 5) is 56.5. The fourth-order valence-electron chi connectivity index (χ4n) is 2.39. The lowest BCUT2D eigenvalue weighted by atomic mass is 9.88. The first-order chi connectivity index (χ1) is 13.1. The van der Waals surface area contributed by atoms with Crippen molar-refractivity contribution in [3.8, 4) is 0 Å². The number of nitro groups is 1. The van der Waals surface area contributed by atoms with Gasteiger partial charge in [0.15, 0.2) is 6.61 Å². The van der Waals surface area contributed by atoms with Gasteiger partial charge in [-0.25, -0.2) is 4.79 Å². The van der Waals surface area contributed by atoms with Crippen molar-refractivity contribution < 1.29 is 38.7 Å². The van der Waals surface area contributed by atoms with Crippen molar-refractivity contribution in [2.75, 3.05) is 13.2 Å². The van der Waals surface area contributed by atoms with Gasteiger partial charge in [-0.3, -0.25) is 24.5 Å². The van der Waals surface area contributed by atoms with E-state index in [0.29, 0.717) is 0 Å². The summed E-state index contributed by atoms with van der Waals surface area (Å²) in [5.74, 6) is -4.81. The fourth-order valence-corrected chi connectivity index (χ4v) is 2.39. The second-order valence-corrected chi connectivity index (χ2v) is 5.63. The Labute approximate surface area is 159 Å². The average Bonchev–Trinajstić information content (AvgIpc) is 2.63. The first-order valence-electron chi connectivity index (χ1n) is 8.21. The van der Waals surface area contributed by atoms with Crippen molar-refractivity contribution in [2.45, 2.75) is 32.2 Å². The average molecular weight is 396 g/mol. The molecule has 28 heavy (non-hydrogen) atoms. The monoisotopic (exact) mass is 396 g/mol. The Hall–Kier alpha value is -3.50. The van der Waals surface area contributed by atoms with Crippen LogP contribution in [0.3, 0.4) is 0 Å². The molecule has 11 heteroatoms. The summed E-state index contributed by atoms with van der Waals surface area (Å²) in [5, 5.41) is 22.5. The summed E-state index contributed by atoms with van der Waals surface area (Å²) >= 11 is 0. The molecule has 0 saturated carbocycles. The molecule has 0 bridgehead atoms. The lowest BCUT2D eigenvalue weighted by Gasteiger charge is -2.24. The van der Waals surface area contributed by atoms with E-state index in [1.165, 1.54) is 12.1 Å². The van der Waals surface area contributed by atoms with Gasteiger partial charge < -0.3 is 19.9 Å². The van der Waals surface area contributed by atoms with Crippen LogP contribution in [0.15, 0.2) is 24.3 Å². The molecule has 1 amide bonds. The van der Waals surface area contributed by atoms with E-state index in [0.717, 1.165) is 19.1 Å². The molecular formula is C17H20N2O9. The molecule has 1 aromatic rings. The molecule has 2 N–H and O–H groups in total. The molecule has 0 unspecified atom stereocenters. The molecular weight excluding hydrogens is 376 g/mol. The third-order valence-corrected chi connectivity index (χ3v) is 3.62. The third kappa shape index (κ3) is 7.02. The predicted octanol–water partition coefficient (Wildman–Crippen LogP) is 0.764. The van der Waals surface area contributed by atoms with E-state index < -0.39 is 53.7 Å². The van der Waals surface area contributed by atoms with E-state index in [2.05, 4.69) is 10.1 Å². The number of ether oxygens (including phenoxy) is 2. The Morgan fingerprint density at radius 3 is 2.25 bits per heavy atom. The standard InChI is InChI=1S/C17H20N2O9/c1-3-27-15(22)8-13(11-4-6-12(7-5-11)19(25)26)16(17(23)24)18-14(21)9-28-10(2)20/h4-7,13,16H,3,8-9H2,1-2H3,(H,18,21)(H,23,24)/t13-,16-/m0/s1. The number of carboxylic acids is 1. The SMILES string of the molecule is CCOC(=O)C[C@@H](c1ccc([N+](=O)[O-])cc1)[C@H](NC(=O)COC(C)=O)C(=O)O. The molecule has 0 radical (unpaired) electrons. The second-order valence-electron chi connectivity index (χ2n) is 5.63. The van der Waals surface area contributed by atoms with Crippen LogP contribution in [-0.4, -0.2) is 53.1 Å². The highest BCUT2D eigenvalue weighted by molar-refractivity contribution is 5.86. The molecule has 0 spiro atoms. The minimum Gasteiger partial charge on any atom is -0.480 e. The normalized spacial score (nSPS) is 12.4. The summed E-state index contributed by atoms with van der Waals surface area (Å²) < 4.78 is 9.37. The van der Waals surface area contributed by atoms with Gasteiger partial charge in [0.05, 0.1) is 18.0 Å². The molecule has 0 aromatic heterocycles. The Morgan fingerprint density at radius 1 is 1.18 bits per heavy atom. The molecule has 0 heterocycles. The molecule has 1 aromatic carbocycles. The number of aliphatic carboxylic acids is 1. The number of nitro benzene ring substituents is 1. The number of nitrogens with zero attached hydrogens (tertiary/aromatic N) is 1. The summed E-state index contributed by atoms with van der Waals surface area (Å²) in [7, 11) is 0.